The molecule has 0 aliphatic heterocycles. The molecule has 0 fully saturated rings. The van der Waals surface area contributed by atoms with Crippen LogP contribution in [-0.4, -0.2) is 27.6 Å². The summed E-state index contributed by atoms with van der Waals surface area (Å²) in [4.78, 5) is 11.9. The number of amides is 1. The zero-order chi connectivity index (χ0) is 14.8. The van der Waals surface area contributed by atoms with Crippen LogP contribution in [0.15, 0.2) is 30.3 Å². The second-order valence-corrected chi connectivity index (χ2v) is 5.31. The first-order chi connectivity index (χ1) is 9.44. The van der Waals surface area contributed by atoms with Crippen LogP contribution in [0.3, 0.4) is 0 Å². The van der Waals surface area contributed by atoms with Gasteiger partial charge in [0, 0.05) is 5.69 Å². The smallest absolute Gasteiger partial charge is 0.282 e. The molecule has 1 atom stereocenters. The first-order valence-corrected chi connectivity index (χ1v) is 6.50. The third-order valence-electron chi connectivity index (χ3n) is 2.42. The summed E-state index contributed by atoms with van der Waals surface area (Å²) in [6, 6.07) is 7.91. The van der Waals surface area contributed by atoms with E-state index in [-0.39, 0.29) is 10.2 Å². The predicted octanol–water partition coefficient (Wildman–Crippen LogP) is 2.28. The minimum absolute atomic E-state index is 0.147. The van der Waals surface area contributed by atoms with Crippen molar-refractivity contribution in [2.75, 3.05) is 5.32 Å². The van der Waals surface area contributed by atoms with Gasteiger partial charge in [0.05, 0.1) is 0 Å². The van der Waals surface area contributed by atoms with E-state index >= 15 is 0 Å². The van der Waals surface area contributed by atoms with E-state index in [1.165, 1.54) is 12.1 Å². The second kappa shape index (κ2) is 5.78. The van der Waals surface area contributed by atoms with Gasteiger partial charge in [0.25, 0.3) is 17.9 Å². The average molecular weight is 320 g/mol. The minimum atomic E-state index is -3.38. The monoisotopic (exact) mass is 319 g/mol. The lowest BCUT2D eigenvalue weighted by molar-refractivity contribution is -0.154. The standard InChI is InChI=1S/C11H8ClF2N3O2S/c12-10-17-16-9(20-10)11(19,7(13)14)8(18)15-6-4-2-1-3-5-6/h1-5,7,19H,(H,15,18). The van der Waals surface area contributed by atoms with Gasteiger partial charge in [-0.15, -0.1) is 10.2 Å². The van der Waals surface area contributed by atoms with Gasteiger partial charge in [-0.1, -0.05) is 29.5 Å². The molecular weight excluding hydrogens is 312 g/mol. The highest BCUT2D eigenvalue weighted by atomic mass is 35.5. The number of rotatable bonds is 4. The molecule has 1 aromatic heterocycles. The quantitative estimate of drug-likeness (QED) is 0.906. The van der Waals surface area contributed by atoms with Crippen molar-refractivity contribution >= 4 is 34.5 Å². The molecule has 106 valence electrons. The van der Waals surface area contributed by atoms with Crippen molar-refractivity contribution in [1.82, 2.24) is 10.2 Å². The minimum Gasteiger partial charge on any atom is -0.369 e. The average Bonchev–Trinajstić information content (AvgIpc) is 2.85. The molecule has 2 N–H and O–H groups in total. The number of alkyl halides is 2. The number of aliphatic hydroxyl groups is 1. The van der Waals surface area contributed by atoms with E-state index < -0.39 is 22.9 Å². The van der Waals surface area contributed by atoms with Crippen LogP contribution in [0.5, 0.6) is 0 Å². The van der Waals surface area contributed by atoms with Gasteiger partial charge < -0.3 is 10.4 Å². The number of nitrogens with one attached hydrogen (secondary N) is 1. The highest BCUT2D eigenvalue weighted by Gasteiger charge is 2.50. The van der Waals surface area contributed by atoms with E-state index in [4.69, 9.17) is 11.6 Å². The molecule has 0 saturated heterocycles. The highest BCUT2D eigenvalue weighted by Crippen LogP contribution is 2.33. The van der Waals surface area contributed by atoms with Gasteiger partial charge in [-0.2, -0.15) is 0 Å². The summed E-state index contributed by atoms with van der Waals surface area (Å²) in [6.45, 7) is 0. The molecule has 0 spiro atoms. The van der Waals surface area contributed by atoms with E-state index in [0.717, 1.165) is 0 Å². The third kappa shape index (κ3) is 2.77. The molecule has 9 heteroatoms. The summed E-state index contributed by atoms with van der Waals surface area (Å²) < 4.78 is 26.1. The van der Waals surface area contributed by atoms with E-state index in [1.807, 2.05) is 0 Å². The Morgan fingerprint density at radius 3 is 2.50 bits per heavy atom. The summed E-state index contributed by atoms with van der Waals surface area (Å²) in [5.41, 5.74) is -2.83. The fourth-order valence-electron chi connectivity index (χ4n) is 1.40. The topological polar surface area (TPSA) is 75.1 Å². The number of para-hydroxylation sites is 1. The fourth-order valence-corrected chi connectivity index (χ4v) is 2.31. The van der Waals surface area contributed by atoms with Crippen molar-refractivity contribution in [2.24, 2.45) is 0 Å². The Hall–Kier alpha value is -1.64. The van der Waals surface area contributed by atoms with Gasteiger partial charge in [0.15, 0.2) is 5.01 Å². The van der Waals surface area contributed by atoms with Gasteiger partial charge in [-0.25, -0.2) is 8.78 Å². The van der Waals surface area contributed by atoms with E-state index in [1.54, 1.807) is 18.2 Å². The first-order valence-electron chi connectivity index (χ1n) is 5.31. The molecular formula is C11H8ClF2N3O2S. The lowest BCUT2D eigenvalue weighted by Crippen LogP contribution is -2.46. The SMILES string of the molecule is O=C(Nc1ccccc1)C(O)(c1nnc(Cl)s1)C(F)F. The molecule has 0 radical (unpaired) electrons. The second-order valence-electron chi connectivity index (χ2n) is 3.75. The Kier molecular flexibility index (Phi) is 4.26. The van der Waals surface area contributed by atoms with E-state index in [9.17, 15) is 18.7 Å². The Morgan fingerprint density at radius 1 is 1.35 bits per heavy atom. The summed E-state index contributed by atoms with van der Waals surface area (Å²) in [7, 11) is 0. The Balaban J connectivity index is 2.31. The third-order valence-corrected chi connectivity index (χ3v) is 3.56. The van der Waals surface area contributed by atoms with Crippen LogP contribution in [0.4, 0.5) is 14.5 Å². The molecule has 0 saturated carbocycles. The number of anilines is 1. The number of benzene rings is 1. The summed E-state index contributed by atoms with van der Waals surface area (Å²) in [5, 5.41) is 18.3. The summed E-state index contributed by atoms with van der Waals surface area (Å²) >= 11 is 6.01. The number of hydrogen-bond acceptors (Lipinski definition) is 5. The number of halogens is 3. The van der Waals surface area contributed by atoms with Crippen LogP contribution < -0.4 is 5.32 Å². The van der Waals surface area contributed by atoms with Crippen LogP contribution >= 0.6 is 22.9 Å². The zero-order valence-corrected chi connectivity index (χ0v) is 11.3. The van der Waals surface area contributed by atoms with Crippen LogP contribution in [0.25, 0.3) is 0 Å². The van der Waals surface area contributed by atoms with Crippen molar-refractivity contribution < 1.29 is 18.7 Å². The molecule has 0 aliphatic carbocycles. The maximum atomic E-state index is 13.1. The molecule has 1 unspecified atom stereocenters. The van der Waals surface area contributed by atoms with E-state index in [0.29, 0.717) is 11.3 Å². The zero-order valence-electron chi connectivity index (χ0n) is 9.76. The maximum absolute atomic E-state index is 13.1. The van der Waals surface area contributed by atoms with Crippen molar-refractivity contribution in [2.45, 2.75) is 12.0 Å². The molecule has 1 heterocycles. The first kappa shape index (κ1) is 14.8. The van der Waals surface area contributed by atoms with Gasteiger partial charge in [0.2, 0.25) is 4.47 Å². The van der Waals surface area contributed by atoms with Crippen LogP contribution in [0.1, 0.15) is 5.01 Å². The number of nitrogens with zero attached hydrogens (tertiary/aromatic N) is 2. The van der Waals surface area contributed by atoms with Gasteiger partial charge >= 0.3 is 0 Å². The summed E-state index contributed by atoms with van der Waals surface area (Å²) in [6.07, 6.45) is -3.38. The molecule has 20 heavy (non-hydrogen) atoms. The van der Waals surface area contributed by atoms with Crippen molar-refractivity contribution in [1.29, 1.82) is 0 Å². The largest absolute Gasteiger partial charge is 0.369 e. The highest BCUT2D eigenvalue weighted by molar-refractivity contribution is 7.15. The number of hydrogen-bond donors (Lipinski definition) is 2. The Labute approximate surface area is 121 Å². The molecule has 1 amide bonds. The van der Waals surface area contributed by atoms with Crippen molar-refractivity contribution in [3.8, 4) is 0 Å². The number of carbonyl (C=O) groups is 1. The van der Waals surface area contributed by atoms with Gasteiger partial charge in [0.1, 0.15) is 0 Å². The fraction of sp³-hybridized carbons (Fsp3) is 0.182. The van der Waals surface area contributed by atoms with Crippen molar-refractivity contribution in [3.05, 3.63) is 39.8 Å². The molecule has 0 bridgehead atoms. The van der Waals surface area contributed by atoms with Crippen LogP contribution in [0, 0.1) is 0 Å². The lowest BCUT2D eigenvalue weighted by Gasteiger charge is -2.23. The van der Waals surface area contributed by atoms with Crippen LogP contribution in [0.2, 0.25) is 4.47 Å². The molecule has 2 rings (SSSR count). The van der Waals surface area contributed by atoms with E-state index in [2.05, 4.69) is 15.5 Å². The van der Waals surface area contributed by atoms with Gasteiger partial charge in [-0.3, -0.25) is 4.79 Å². The molecule has 1 aromatic carbocycles. The molecule has 0 aliphatic rings. The Morgan fingerprint density at radius 2 is 2.00 bits per heavy atom. The number of aromatic nitrogens is 2. The molecule has 5 nitrogen and oxygen atoms in total. The van der Waals surface area contributed by atoms with Crippen LogP contribution in [-0.2, 0) is 10.4 Å². The number of carbonyl (C=O) groups excluding carboxylic acids is 1. The molecule has 2 aromatic rings. The lowest BCUT2D eigenvalue weighted by atomic mass is 10.1. The Bertz CT molecular complexity index is 611. The predicted molar refractivity (Wildman–Crippen MR) is 69.9 cm³/mol. The maximum Gasteiger partial charge on any atom is 0.282 e. The van der Waals surface area contributed by atoms with Crippen molar-refractivity contribution in [3.63, 3.8) is 0 Å². The normalized spacial score (nSPS) is 14.1. The summed E-state index contributed by atoms with van der Waals surface area (Å²) in [5.74, 6) is -1.30. The van der Waals surface area contributed by atoms with Gasteiger partial charge in [-0.05, 0) is 23.7 Å².